The zero-order valence-corrected chi connectivity index (χ0v) is 11.3. The molecule has 0 radical (unpaired) electrons. The third-order valence-corrected chi connectivity index (χ3v) is 4.56. The Labute approximate surface area is 101 Å². The molecule has 0 aromatic carbocycles. The number of halogens is 2. The fourth-order valence-electron chi connectivity index (χ4n) is 0.910. The first kappa shape index (κ1) is 15.4. The van der Waals surface area contributed by atoms with Crippen LogP contribution in [0.2, 0.25) is 0 Å². The number of sulfonamides is 1. The number of rotatable bonds is 8. The zero-order valence-electron chi connectivity index (χ0n) is 8.92. The lowest BCUT2D eigenvalue weighted by molar-refractivity contribution is 0.199. The third-order valence-electron chi connectivity index (χ3n) is 1.75. The van der Waals surface area contributed by atoms with Gasteiger partial charge in [0.05, 0.1) is 11.3 Å². The van der Waals surface area contributed by atoms with E-state index in [2.05, 4.69) is 4.72 Å². The van der Waals surface area contributed by atoms with Crippen LogP contribution in [0.15, 0.2) is 0 Å². The summed E-state index contributed by atoms with van der Waals surface area (Å²) in [6, 6.07) is 0. The lowest BCUT2D eigenvalue weighted by Gasteiger charge is -2.25. The van der Waals surface area contributed by atoms with E-state index in [4.69, 9.17) is 27.9 Å². The summed E-state index contributed by atoms with van der Waals surface area (Å²) in [5.41, 5.74) is -0.783. The molecule has 0 aliphatic rings. The lowest BCUT2D eigenvalue weighted by atomic mass is 10.1. The average molecular weight is 278 g/mol. The van der Waals surface area contributed by atoms with Gasteiger partial charge in [-0.2, -0.15) is 0 Å². The van der Waals surface area contributed by atoms with Crippen LogP contribution in [0.4, 0.5) is 0 Å². The second-order valence-corrected chi connectivity index (χ2v) is 5.97. The Bertz CT molecular complexity index is 265. The molecule has 0 aliphatic heterocycles. The van der Waals surface area contributed by atoms with Gasteiger partial charge in [0, 0.05) is 25.5 Å². The molecule has 0 spiro atoms. The topological polar surface area (TPSA) is 55.4 Å². The Morgan fingerprint density at radius 2 is 1.87 bits per heavy atom. The number of alkyl halides is 2. The quantitative estimate of drug-likeness (QED) is 0.536. The smallest absolute Gasteiger partial charge is 0.212 e. The SMILES string of the molecule is COCCCS(=O)(=O)NC(C)(CCl)CCl. The highest BCUT2D eigenvalue weighted by molar-refractivity contribution is 7.89. The Morgan fingerprint density at radius 3 is 2.27 bits per heavy atom. The molecule has 15 heavy (non-hydrogen) atoms. The summed E-state index contributed by atoms with van der Waals surface area (Å²) in [5.74, 6) is 0.296. The Morgan fingerprint density at radius 1 is 1.33 bits per heavy atom. The minimum Gasteiger partial charge on any atom is -0.385 e. The van der Waals surface area contributed by atoms with Gasteiger partial charge in [-0.3, -0.25) is 0 Å². The molecule has 0 bridgehead atoms. The number of hydrogen-bond donors (Lipinski definition) is 1. The number of methoxy groups -OCH3 is 1. The summed E-state index contributed by atoms with van der Waals surface area (Å²) >= 11 is 11.3. The van der Waals surface area contributed by atoms with Gasteiger partial charge in [-0.15, -0.1) is 23.2 Å². The van der Waals surface area contributed by atoms with Gasteiger partial charge in [0.1, 0.15) is 0 Å². The van der Waals surface area contributed by atoms with Gasteiger partial charge in [-0.1, -0.05) is 0 Å². The zero-order chi connectivity index (χ0) is 11.9. The van der Waals surface area contributed by atoms with Gasteiger partial charge >= 0.3 is 0 Å². The van der Waals surface area contributed by atoms with Crippen LogP contribution in [0, 0.1) is 0 Å². The predicted octanol–water partition coefficient (Wildman–Crippen LogP) is 1.18. The molecular weight excluding hydrogens is 261 g/mol. The van der Waals surface area contributed by atoms with Crippen LogP contribution in [-0.2, 0) is 14.8 Å². The van der Waals surface area contributed by atoms with Gasteiger partial charge in [0.2, 0.25) is 10.0 Å². The Hall–Kier alpha value is 0.450. The van der Waals surface area contributed by atoms with Gasteiger partial charge in [-0.05, 0) is 13.3 Å². The molecule has 0 amide bonds. The maximum atomic E-state index is 11.6. The van der Waals surface area contributed by atoms with Crippen molar-refractivity contribution < 1.29 is 13.2 Å². The first-order chi connectivity index (χ1) is 6.89. The molecule has 0 aromatic heterocycles. The minimum absolute atomic E-state index is 0.0181. The van der Waals surface area contributed by atoms with E-state index in [1.807, 2.05) is 0 Å². The van der Waals surface area contributed by atoms with Crippen molar-refractivity contribution in [1.82, 2.24) is 4.72 Å². The van der Waals surface area contributed by atoms with Crippen LogP contribution in [0.25, 0.3) is 0 Å². The molecule has 0 rings (SSSR count). The van der Waals surface area contributed by atoms with Crippen molar-refractivity contribution in [3.05, 3.63) is 0 Å². The number of ether oxygens (including phenoxy) is 1. The van der Waals surface area contributed by atoms with Crippen molar-refractivity contribution in [1.29, 1.82) is 0 Å². The van der Waals surface area contributed by atoms with Crippen LogP contribution in [0.5, 0.6) is 0 Å². The summed E-state index contributed by atoms with van der Waals surface area (Å²) in [4.78, 5) is 0. The molecule has 7 heteroatoms. The van der Waals surface area contributed by atoms with E-state index < -0.39 is 15.6 Å². The summed E-state index contributed by atoms with van der Waals surface area (Å²) < 4.78 is 30.4. The second-order valence-electron chi connectivity index (χ2n) is 3.60. The molecule has 0 heterocycles. The standard InChI is InChI=1S/C8H17Cl2NO3S/c1-8(6-9,7-10)11-15(12,13)5-3-4-14-2/h11H,3-7H2,1-2H3. The van der Waals surface area contributed by atoms with Crippen molar-refractivity contribution >= 4 is 33.2 Å². The molecule has 0 saturated heterocycles. The van der Waals surface area contributed by atoms with Crippen molar-refractivity contribution in [2.75, 3.05) is 31.2 Å². The molecule has 92 valence electrons. The Kier molecular flexibility index (Phi) is 7.12. The Balaban J connectivity index is 4.24. The van der Waals surface area contributed by atoms with Crippen LogP contribution in [0.1, 0.15) is 13.3 Å². The van der Waals surface area contributed by atoms with Crippen molar-refractivity contribution in [2.45, 2.75) is 18.9 Å². The second kappa shape index (κ2) is 6.91. The molecule has 0 atom stereocenters. The predicted molar refractivity (Wildman–Crippen MR) is 63.3 cm³/mol. The average Bonchev–Trinajstić information content (AvgIpc) is 2.17. The van der Waals surface area contributed by atoms with Gasteiger partial charge in [0.25, 0.3) is 0 Å². The van der Waals surface area contributed by atoms with Crippen LogP contribution < -0.4 is 4.72 Å². The molecule has 0 saturated carbocycles. The van der Waals surface area contributed by atoms with E-state index in [1.54, 1.807) is 6.92 Å². The molecule has 0 aliphatic carbocycles. The molecule has 0 fully saturated rings. The van der Waals surface area contributed by atoms with Gasteiger partial charge in [0.15, 0.2) is 0 Å². The largest absolute Gasteiger partial charge is 0.385 e. The highest BCUT2D eigenvalue weighted by Crippen LogP contribution is 2.11. The van der Waals surface area contributed by atoms with E-state index in [0.29, 0.717) is 13.0 Å². The fraction of sp³-hybridized carbons (Fsp3) is 1.00. The van der Waals surface area contributed by atoms with Crippen molar-refractivity contribution in [3.63, 3.8) is 0 Å². The fourth-order valence-corrected chi connectivity index (χ4v) is 2.98. The molecular formula is C8H17Cl2NO3S. The first-order valence-electron chi connectivity index (χ1n) is 4.51. The van der Waals surface area contributed by atoms with Crippen molar-refractivity contribution in [2.24, 2.45) is 0 Å². The van der Waals surface area contributed by atoms with E-state index >= 15 is 0 Å². The lowest BCUT2D eigenvalue weighted by Crippen LogP contribution is -2.49. The molecule has 4 nitrogen and oxygen atoms in total. The minimum atomic E-state index is -3.33. The highest BCUT2D eigenvalue weighted by atomic mass is 35.5. The van der Waals surface area contributed by atoms with Crippen molar-refractivity contribution in [3.8, 4) is 0 Å². The maximum absolute atomic E-state index is 11.6. The van der Waals surface area contributed by atoms with Gasteiger partial charge in [-0.25, -0.2) is 13.1 Å². The van der Waals surface area contributed by atoms with Gasteiger partial charge < -0.3 is 4.74 Å². The van der Waals surface area contributed by atoms with Crippen LogP contribution >= 0.6 is 23.2 Å². The van der Waals surface area contributed by atoms with E-state index in [0.717, 1.165) is 0 Å². The van der Waals surface area contributed by atoms with E-state index in [1.165, 1.54) is 7.11 Å². The molecule has 0 aromatic rings. The number of nitrogens with one attached hydrogen (secondary N) is 1. The van der Waals surface area contributed by atoms with Crippen LogP contribution in [0.3, 0.4) is 0 Å². The summed E-state index contributed by atoms with van der Waals surface area (Å²) in [6.45, 7) is 2.08. The molecule has 0 unspecified atom stereocenters. The third kappa shape index (κ3) is 6.58. The molecule has 1 N–H and O–H groups in total. The summed E-state index contributed by atoms with van der Waals surface area (Å²) in [7, 11) is -1.81. The summed E-state index contributed by atoms with van der Waals surface area (Å²) in [5, 5.41) is 0. The number of hydrogen-bond acceptors (Lipinski definition) is 3. The highest BCUT2D eigenvalue weighted by Gasteiger charge is 2.27. The first-order valence-corrected chi connectivity index (χ1v) is 7.24. The van der Waals surface area contributed by atoms with E-state index in [9.17, 15) is 8.42 Å². The normalized spacial score (nSPS) is 13.1. The summed E-state index contributed by atoms with van der Waals surface area (Å²) in [6.07, 6.45) is 0.451. The van der Waals surface area contributed by atoms with Crippen LogP contribution in [-0.4, -0.2) is 45.2 Å². The maximum Gasteiger partial charge on any atom is 0.212 e. The van der Waals surface area contributed by atoms with E-state index in [-0.39, 0.29) is 17.5 Å². The monoisotopic (exact) mass is 277 g/mol.